The summed E-state index contributed by atoms with van der Waals surface area (Å²) in [6.45, 7) is 5.43. The van der Waals surface area contributed by atoms with Gasteiger partial charge < -0.3 is 24.4 Å². The Morgan fingerprint density at radius 3 is 2.52 bits per heavy atom. The van der Waals surface area contributed by atoms with Crippen molar-refractivity contribution in [2.24, 2.45) is 18.4 Å². The largest absolute Gasteiger partial charge is 0.508 e. The first-order valence-corrected chi connectivity index (χ1v) is 18.4. The van der Waals surface area contributed by atoms with Gasteiger partial charge in [-0.3, -0.25) is 9.58 Å². The predicted molar refractivity (Wildman–Crippen MR) is 197 cm³/mol. The van der Waals surface area contributed by atoms with Crippen molar-refractivity contribution < 1.29 is 32.1 Å². The van der Waals surface area contributed by atoms with E-state index in [0.29, 0.717) is 27.9 Å². The summed E-state index contributed by atoms with van der Waals surface area (Å²) in [5, 5.41) is 17.1. The van der Waals surface area contributed by atoms with Crippen molar-refractivity contribution in [3.05, 3.63) is 47.7 Å². The normalized spacial score (nSPS) is 24.7. The van der Waals surface area contributed by atoms with Crippen LogP contribution in [0.1, 0.15) is 31.7 Å². The number of phenolic OH excluding ortho intramolecular Hbond substituents is 1. The van der Waals surface area contributed by atoms with Gasteiger partial charge in [0.2, 0.25) is 0 Å². The molecular formula is C40H41F4N7O3. The van der Waals surface area contributed by atoms with Gasteiger partial charge >= 0.3 is 6.01 Å². The van der Waals surface area contributed by atoms with Gasteiger partial charge in [0.15, 0.2) is 5.82 Å². The van der Waals surface area contributed by atoms with Crippen LogP contribution in [0, 0.1) is 35.3 Å². The number of halogens is 4. The molecular weight excluding hydrogens is 702 g/mol. The van der Waals surface area contributed by atoms with E-state index in [2.05, 4.69) is 20.7 Å². The average molecular weight is 744 g/mol. The summed E-state index contributed by atoms with van der Waals surface area (Å²) < 4.78 is 77.0. The van der Waals surface area contributed by atoms with Gasteiger partial charge in [0.05, 0.1) is 29.6 Å². The number of piperazine rings is 1. The lowest BCUT2D eigenvalue weighted by atomic mass is 9.79. The number of phenols is 1. The Hall–Kier alpha value is -4.71. The molecule has 0 spiro atoms. The number of rotatable bonds is 7. The summed E-state index contributed by atoms with van der Waals surface area (Å²) in [5.74, 6) is -1.33. The number of aromatic hydroxyl groups is 1. The van der Waals surface area contributed by atoms with E-state index in [4.69, 9.17) is 26.0 Å². The highest BCUT2D eigenvalue weighted by atomic mass is 19.3. The van der Waals surface area contributed by atoms with Crippen molar-refractivity contribution in [3.63, 3.8) is 0 Å². The van der Waals surface area contributed by atoms with E-state index in [1.54, 1.807) is 25.0 Å². The van der Waals surface area contributed by atoms with Crippen LogP contribution in [-0.4, -0.2) is 112 Å². The second-order valence-corrected chi connectivity index (χ2v) is 15.9. The maximum atomic E-state index is 17.7. The standard InChI is InChI=1S/C40H41F4N7O3/c1-5-27-30(41)9-6-23-12-26(52)13-28(31(23)27)32-34(42)36-33(29-17-49(4)47-35(29)32)37(51-24-7-8-25(51)16-50(15-24)14-22-18-53-19-22)46-38(45-36)54-21-39(2)20-48(3)11-10-40(39,43)44/h1,6,9,12-13,17,22,24-25,52H,7-8,10-11,14-16,18-21H2,2-4H3/t24-,25+,39-/m0/s1. The van der Waals surface area contributed by atoms with E-state index in [9.17, 15) is 5.11 Å². The average Bonchev–Trinajstić information content (AvgIpc) is 3.62. The zero-order valence-electron chi connectivity index (χ0n) is 30.4. The number of fused-ring (bicyclic) bond motifs is 6. The van der Waals surface area contributed by atoms with Crippen molar-refractivity contribution in [2.45, 2.75) is 44.2 Å². The number of piperidine rings is 1. The highest BCUT2D eigenvalue weighted by molar-refractivity contribution is 6.18. The van der Waals surface area contributed by atoms with Crippen LogP contribution < -0.4 is 9.64 Å². The molecule has 4 aliphatic rings. The number of anilines is 1. The number of aryl methyl sites for hydroxylation is 1. The van der Waals surface area contributed by atoms with Crippen LogP contribution >= 0.6 is 0 Å². The third-order valence-electron chi connectivity index (χ3n) is 12.0. The van der Waals surface area contributed by atoms with Crippen LogP contribution in [0.25, 0.3) is 43.7 Å². The zero-order chi connectivity index (χ0) is 37.7. The van der Waals surface area contributed by atoms with Crippen LogP contribution in [0.4, 0.5) is 23.4 Å². The molecule has 0 saturated carbocycles. The van der Waals surface area contributed by atoms with Crippen LogP contribution in [0.2, 0.25) is 0 Å². The third kappa shape index (κ3) is 5.54. The summed E-state index contributed by atoms with van der Waals surface area (Å²) in [4.78, 5) is 16.1. The second-order valence-electron chi connectivity index (χ2n) is 15.9. The minimum absolute atomic E-state index is 0.0420. The Kier molecular flexibility index (Phi) is 8.22. The number of nitrogens with zero attached hydrogens (tertiary/aromatic N) is 7. The van der Waals surface area contributed by atoms with E-state index in [1.165, 1.54) is 31.2 Å². The van der Waals surface area contributed by atoms with Gasteiger partial charge in [0.1, 0.15) is 35.0 Å². The minimum atomic E-state index is -3.01. The maximum absolute atomic E-state index is 17.7. The van der Waals surface area contributed by atoms with Gasteiger partial charge in [-0.2, -0.15) is 15.1 Å². The van der Waals surface area contributed by atoms with Crippen LogP contribution in [0.3, 0.4) is 0 Å². The van der Waals surface area contributed by atoms with Gasteiger partial charge in [-0.15, -0.1) is 6.42 Å². The minimum Gasteiger partial charge on any atom is -0.508 e. The fourth-order valence-electron chi connectivity index (χ4n) is 9.21. The summed E-state index contributed by atoms with van der Waals surface area (Å²) >= 11 is 0. The maximum Gasteiger partial charge on any atom is 0.319 e. The molecule has 282 valence electrons. The van der Waals surface area contributed by atoms with E-state index < -0.39 is 29.6 Å². The highest BCUT2D eigenvalue weighted by Crippen LogP contribution is 2.48. The molecule has 9 rings (SSSR count). The molecule has 0 unspecified atom stereocenters. The highest BCUT2D eigenvalue weighted by Gasteiger charge is 2.54. The zero-order valence-corrected chi connectivity index (χ0v) is 30.4. The molecule has 3 atom stereocenters. The molecule has 0 radical (unpaired) electrons. The molecule has 54 heavy (non-hydrogen) atoms. The molecule has 5 aromatic rings. The van der Waals surface area contributed by atoms with E-state index in [-0.39, 0.29) is 76.5 Å². The number of terminal acetylenes is 1. The van der Waals surface area contributed by atoms with Gasteiger partial charge in [-0.1, -0.05) is 12.0 Å². The van der Waals surface area contributed by atoms with Crippen molar-refractivity contribution >= 4 is 38.4 Å². The number of hydrogen-bond acceptors (Lipinski definition) is 9. The van der Waals surface area contributed by atoms with Gasteiger partial charge in [0, 0.05) is 86.7 Å². The van der Waals surface area contributed by atoms with E-state index in [1.807, 2.05) is 4.90 Å². The second kappa shape index (κ2) is 12.7. The summed E-state index contributed by atoms with van der Waals surface area (Å²) in [7, 11) is 3.51. The van der Waals surface area contributed by atoms with Crippen LogP contribution in [-0.2, 0) is 11.8 Å². The first-order valence-electron chi connectivity index (χ1n) is 18.4. The van der Waals surface area contributed by atoms with Crippen molar-refractivity contribution in [1.29, 1.82) is 0 Å². The summed E-state index contributed by atoms with van der Waals surface area (Å²) in [6, 6.07) is 5.34. The van der Waals surface area contributed by atoms with E-state index >= 15 is 17.6 Å². The number of alkyl halides is 2. The monoisotopic (exact) mass is 743 g/mol. The van der Waals surface area contributed by atoms with Gasteiger partial charge in [-0.05, 0) is 56.0 Å². The molecule has 3 aromatic carbocycles. The van der Waals surface area contributed by atoms with Crippen molar-refractivity contribution in [3.8, 4) is 35.2 Å². The number of ether oxygens (including phenoxy) is 2. The number of benzene rings is 3. The molecule has 14 heteroatoms. The number of hydrogen-bond donors (Lipinski definition) is 1. The van der Waals surface area contributed by atoms with Gasteiger partial charge in [0.25, 0.3) is 5.92 Å². The quantitative estimate of drug-likeness (QED) is 0.160. The fourth-order valence-corrected chi connectivity index (χ4v) is 9.21. The fraction of sp³-hybridized carbons (Fsp3) is 0.475. The first kappa shape index (κ1) is 35.0. The molecule has 4 aliphatic heterocycles. The lowest BCUT2D eigenvalue weighted by molar-refractivity contribution is -0.169. The smallest absolute Gasteiger partial charge is 0.319 e. The van der Waals surface area contributed by atoms with Crippen LogP contribution in [0.5, 0.6) is 11.8 Å². The first-order chi connectivity index (χ1) is 25.8. The number of aromatic nitrogens is 4. The molecule has 2 aromatic heterocycles. The predicted octanol–water partition coefficient (Wildman–Crippen LogP) is 5.96. The lowest BCUT2D eigenvalue weighted by Gasteiger charge is -2.44. The van der Waals surface area contributed by atoms with Crippen molar-refractivity contribution in [1.82, 2.24) is 29.5 Å². The molecule has 0 amide bonds. The molecule has 2 bridgehead atoms. The topological polar surface area (TPSA) is 92.0 Å². The Bertz CT molecular complexity index is 2360. The lowest BCUT2D eigenvalue weighted by Crippen LogP contribution is -2.56. The molecule has 4 saturated heterocycles. The Balaban J connectivity index is 1.26. The molecule has 4 fully saturated rings. The molecule has 0 aliphatic carbocycles. The van der Waals surface area contributed by atoms with Gasteiger partial charge in [-0.25, -0.2) is 17.6 Å². The molecule has 10 nitrogen and oxygen atoms in total. The number of likely N-dealkylation sites (tertiary alicyclic amines) is 2. The Labute approximate surface area is 309 Å². The Morgan fingerprint density at radius 1 is 1.06 bits per heavy atom. The Morgan fingerprint density at radius 2 is 1.81 bits per heavy atom. The third-order valence-corrected chi connectivity index (χ3v) is 12.0. The van der Waals surface area contributed by atoms with Crippen molar-refractivity contribution in [2.75, 3.05) is 64.5 Å². The van der Waals surface area contributed by atoms with E-state index in [0.717, 1.165) is 45.7 Å². The molecule has 6 heterocycles. The molecule has 1 N–H and O–H groups in total. The van der Waals surface area contributed by atoms with Crippen LogP contribution in [0.15, 0.2) is 30.5 Å². The SMILES string of the molecule is C#Cc1c(F)ccc2cc(O)cc(-c3c(F)c4nc(OC[C@]5(C)CN(C)CCC5(F)F)nc(N5[C@@H]6CC[C@H]5CN(CC5COC5)C6)c4c4cn(C)nc34)c12. The summed E-state index contributed by atoms with van der Waals surface area (Å²) in [5.41, 5.74) is -1.41. The summed E-state index contributed by atoms with van der Waals surface area (Å²) in [6.07, 6.45) is 9.04.